The minimum Gasteiger partial charge on any atom is -0.369 e. The van der Waals surface area contributed by atoms with Gasteiger partial charge in [0, 0.05) is 38.3 Å². The molecule has 1 aliphatic heterocycles. The summed E-state index contributed by atoms with van der Waals surface area (Å²) in [5.74, 6) is -0.000863. The predicted molar refractivity (Wildman–Crippen MR) is 117 cm³/mol. The number of likely N-dealkylation sites (N-methyl/N-ethyl adjacent to an activating group) is 2. The second-order valence-corrected chi connectivity index (χ2v) is 7.69. The molecular weight excluding hydrogens is 407 g/mol. The number of nitrogens with one attached hydrogen (secondary N) is 2. The molecule has 2 heterocycles. The van der Waals surface area contributed by atoms with Crippen LogP contribution in [0.4, 0.5) is 21.6 Å². The molecule has 1 amide bonds. The molecule has 1 aromatic heterocycles. The Morgan fingerprint density at radius 2 is 2.10 bits per heavy atom. The van der Waals surface area contributed by atoms with Crippen LogP contribution in [0.3, 0.4) is 0 Å². The fourth-order valence-electron chi connectivity index (χ4n) is 3.50. The number of fused-ring (bicyclic) bond motifs is 1. The van der Waals surface area contributed by atoms with E-state index in [0.29, 0.717) is 18.4 Å². The highest BCUT2D eigenvalue weighted by Gasteiger charge is 2.31. The first-order valence-corrected chi connectivity index (χ1v) is 9.95. The van der Waals surface area contributed by atoms with Gasteiger partial charge in [0.2, 0.25) is 5.91 Å². The van der Waals surface area contributed by atoms with E-state index in [2.05, 4.69) is 30.4 Å². The second-order valence-electron chi connectivity index (χ2n) is 7.28. The molecule has 0 radical (unpaired) electrons. The van der Waals surface area contributed by atoms with E-state index in [1.54, 1.807) is 19.2 Å². The van der Waals surface area contributed by atoms with Crippen molar-refractivity contribution in [2.45, 2.75) is 6.04 Å². The van der Waals surface area contributed by atoms with Gasteiger partial charge in [-0.1, -0.05) is 17.7 Å². The summed E-state index contributed by atoms with van der Waals surface area (Å²) in [5.41, 5.74) is 2.00. The number of carbonyl (C=O) groups excluding carboxylic acids is 1. The summed E-state index contributed by atoms with van der Waals surface area (Å²) in [7, 11) is 3.67. The van der Waals surface area contributed by atoms with Gasteiger partial charge in [0.1, 0.15) is 12.1 Å². The van der Waals surface area contributed by atoms with Crippen LogP contribution in [0.5, 0.6) is 0 Å². The summed E-state index contributed by atoms with van der Waals surface area (Å²) in [6.07, 6.45) is 1.44. The van der Waals surface area contributed by atoms with Crippen molar-refractivity contribution in [3.63, 3.8) is 0 Å². The number of anilines is 3. The fraction of sp³-hybridized carbons (Fsp3) is 0.286. The van der Waals surface area contributed by atoms with Gasteiger partial charge in [-0.25, -0.2) is 14.4 Å². The molecule has 156 valence electrons. The molecule has 1 aliphatic rings. The number of rotatable bonds is 6. The van der Waals surface area contributed by atoms with Crippen LogP contribution in [-0.4, -0.2) is 60.5 Å². The number of hydrogen-bond donors (Lipinski definition) is 2. The quantitative estimate of drug-likeness (QED) is 0.628. The first-order chi connectivity index (χ1) is 14.5. The van der Waals surface area contributed by atoms with Gasteiger partial charge in [-0.2, -0.15) is 0 Å². The number of hydrogen-bond acceptors (Lipinski definition) is 6. The molecule has 0 unspecified atom stereocenters. The first-order valence-electron chi connectivity index (χ1n) is 9.58. The maximum absolute atomic E-state index is 14.3. The van der Waals surface area contributed by atoms with Gasteiger partial charge < -0.3 is 15.5 Å². The van der Waals surface area contributed by atoms with E-state index in [-0.39, 0.29) is 16.6 Å². The van der Waals surface area contributed by atoms with Crippen LogP contribution in [0.1, 0.15) is 0 Å². The summed E-state index contributed by atoms with van der Waals surface area (Å²) >= 11 is 5.89. The van der Waals surface area contributed by atoms with E-state index in [1.165, 1.54) is 12.4 Å². The molecule has 0 saturated carbocycles. The average molecular weight is 429 g/mol. The Kier molecular flexibility index (Phi) is 5.69. The lowest BCUT2D eigenvalue weighted by Crippen LogP contribution is -2.60. The number of halogens is 2. The normalized spacial score (nSPS) is 14.4. The van der Waals surface area contributed by atoms with Crippen LogP contribution in [-0.2, 0) is 4.79 Å². The number of benzene rings is 2. The Morgan fingerprint density at radius 3 is 2.87 bits per heavy atom. The van der Waals surface area contributed by atoms with Crippen LogP contribution in [0.25, 0.3) is 10.9 Å². The maximum atomic E-state index is 14.3. The molecule has 1 fully saturated rings. The molecule has 2 N–H and O–H groups in total. The SMILES string of the molecule is CNC(=O)CN1CC(N(C)c2ccc3ncnc(Nc4cccc(Cl)c4F)c3c2)C1. The molecule has 3 aromatic rings. The molecule has 0 bridgehead atoms. The zero-order chi connectivity index (χ0) is 21.3. The van der Waals surface area contributed by atoms with Crippen LogP contribution in [0.15, 0.2) is 42.7 Å². The van der Waals surface area contributed by atoms with E-state index in [1.807, 2.05) is 25.2 Å². The molecule has 0 spiro atoms. The van der Waals surface area contributed by atoms with E-state index in [4.69, 9.17) is 11.6 Å². The number of amides is 1. The highest BCUT2D eigenvalue weighted by molar-refractivity contribution is 6.31. The third kappa shape index (κ3) is 4.01. The zero-order valence-electron chi connectivity index (χ0n) is 16.7. The third-order valence-corrected chi connectivity index (χ3v) is 5.65. The second kappa shape index (κ2) is 8.41. The number of aromatic nitrogens is 2. The Hall–Kier alpha value is -2.97. The summed E-state index contributed by atoms with van der Waals surface area (Å²) in [5, 5.41) is 6.50. The fourth-order valence-corrected chi connectivity index (χ4v) is 3.68. The topological polar surface area (TPSA) is 73.4 Å². The lowest BCUT2D eigenvalue weighted by Gasteiger charge is -2.44. The summed E-state index contributed by atoms with van der Waals surface area (Å²) in [6.45, 7) is 2.03. The molecule has 4 rings (SSSR count). The van der Waals surface area contributed by atoms with Crippen molar-refractivity contribution in [2.75, 3.05) is 43.9 Å². The minimum atomic E-state index is -0.523. The smallest absolute Gasteiger partial charge is 0.233 e. The molecule has 7 nitrogen and oxygen atoms in total. The van der Waals surface area contributed by atoms with Gasteiger partial charge in [-0.3, -0.25) is 9.69 Å². The third-order valence-electron chi connectivity index (χ3n) is 5.36. The Labute approximate surface area is 178 Å². The lowest BCUT2D eigenvalue weighted by molar-refractivity contribution is -0.122. The first kappa shape index (κ1) is 20.3. The van der Waals surface area contributed by atoms with Crippen molar-refractivity contribution >= 4 is 45.6 Å². The van der Waals surface area contributed by atoms with Crippen LogP contribution in [0, 0.1) is 5.82 Å². The molecule has 1 saturated heterocycles. The molecular formula is C21H22ClFN6O. The Balaban J connectivity index is 1.56. The van der Waals surface area contributed by atoms with Gasteiger partial charge in [0.25, 0.3) is 0 Å². The van der Waals surface area contributed by atoms with Crippen LogP contribution < -0.4 is 15.5 Å². The molecule has 0 atom stereocenters. The van der Waals surface area contributed by atoms with Gasteiger partial charge in [-0.05, 0) is 30.3 Å². The van der Waals surface area contributed by atoms with E-state index in [0.717, 1.165) is 29.7 Å². The Bertz CT molecular complexity index is 1090. The average Bonchev–Trinajstić information content (AvgIpc) is 2.73. The van der Waals surface area contributed by atoms with Gasteiger partial charge in [-0.15, -0.1) is 0 Å². The van der Waals surface area contributed by atoms with Crippen LogP contribution >= 0.6 is 11.6 Å². The van der Waals surface area contributed by atoms with E-state index in [9.17, 15) is 9.18 Å². The van der Waals surface area contributed by atoms with Crippen LogP contribution in [0.2, 0.25) is 5.02 Å². The number of carbonyl (C=O) groups is 1. The molecule has 30 heavy (non-hydrogen) atoms. The highest BCUT2D eigenvalue weighted by atomic mass is 35.5. The van der Waals surface area contributed by atoms with Crippen molar-refractivity contribution in [1.29, 1.82) is 0 Å². The lowest BCUT2D eigenvalue weighted by atomic mass is 10.1. The van der Waals surface area contributed by atoms with Crippen molar-refractivity contribution in [3.05, 3.63) is 53.6 Å². The zero-order valence-corrected chi connectivity index (χ0v) is 17.4. The molecule has 2 aromatic carbocycles. The van der Waals surface area contributed by atoms with Gasteiger partial charge >= 0.3 is 0 Å². The predicted octanol–water partition coefficient (Wildman–Crippen LogP) is 3.03. The standard InChI is InChI=1S/C21H22ClFN6O/c1-24-19(30)11-29-9-14(10-29)28(2)13-6-7-17-15(8-13)21(26-12-25-17)27-18-5-3-4-16(22)20(18)23/h3-8,12,14H,9-11H2,1-2H3,(H,24,30)(H,25,26,27). The monoisotopic (exact) mass is 428 g/mol. The van der Waals surface area contributed by atoms with Gasteiger partial charge in [0.05, 0.1) is 28.8 Å². The van der Waals surface area contributed by atoms with Crippen molar-refractivity contribution in [2.24, 2.45) is 0 Å². The summed E-state index contributed by atoms with van der Waals surface area (Å²) < 4.78 is 14.3. The highest BCUT2D eigenvalue weighted by Crippen LogP contribution is 2.31. The largest absolute Gasteiger partial charge is 0.369 e. The van der Waals surface area contributed by atoms with E-state index < -0.39 is 5.82 Å². The number of likely N-dealkylation sites (tertiary alicyclic amines) is 1. The summed E-state index contributed by atoms with van der Waals surface area (Å²) in [4.78, 5) is 24.4. The minimum absolute atomic E-state index is 0.0166. The molecule has 0 aliphatic carbocycles. The summed E-state index contributed by atoms with van der Waals surface area (Å²) in [6, 6.07) is 11.0. The molecule has 9 heteroatoms. The number of nitrogens with zero attached hydrogens (tertiary/aromatic N) is 4. The van der Waals surface area contributed by atoms with E-state index >= 15 is 0 Å². The van der Waals surface area contributed by atoms with Crippen molar-refractivity contribution < 1.29 is 9.18 Å². The maximum Gasteiger partial charge on any atom is 0.233 e. The van der Waals surface area contributed by atoms with Gasteiger partial charge in [0.15, 0.2) is 5.82 Å². The van der Waals surface area contributed by atoms with Crippen molar-refractivity contribution in [3.8, 4) is 0 Å². The Morgan fingerprint density at radius 1 is 1.30 bits per heavy atom. The van der Waals surface area contributed by atoms with Crippen molar-refractivity contribution in [1.82, 2.24) is 20.2 Å².